The van der Waals surface area contributed by atoms with Gasteiger partial charge in [0, 0.05) is 12.1 Å². The smallest absolute Gasteiger partial charge is 0.249 e. The minimum atomic E-state index is -0.721. The number of nitrogens with zero attached hydrogens (tertiary/aromatic N) is 1. The van der Waals surface area contributed by atoms with E-state index in [2.05, 4.69) is 5.32 Å². The second-order valence-electron chi connectivity index (χ2n) is 5.59. The molecule has 2 fully saturated rings. The molecule has 1 N–H and O–H groups in total. The van der Waals surface area contributed by atoms with E-state index in [1.54, 1.807) is 11.0 Å². The third-order valence-electron chi connectivity index (χ3n) is 4.11. The maximum Gasteiger partial charge on any atom is 0.249 e. The lowest BCUT2D eigenvalue weighted by molar-refractivity contribution is -0.154. The van der Waals surface area contributed by atoms with Crippen molar-refractivity contribution in [2.24, 2.45) is 5.92 Å². The average molecular weight is 285 g/mol. The van der Waals surface area contributed by atoms with Gasteiger partial charge in [-0.25, -0.2) is 0 Å². The fraction of sp³-hybridized carbons (Fsp3) is 0.714. The molecule has 0 spiro atoms. The number of halogens is 1. The maximum absolute atomic E-state index is 12.7. The van der Waals surface area contributed by atoms with Crippen molar-refractivity contribution in [3.63, 3.8) is 0 Å². The van der Waals surface area contributed by atoms with Crippen LogP contribution in [0.1, 0.15) is 39.5 Å². The van der Waals surface area contributed by atoms with Crippen LogP contribution in [0, 0.1) is 5.92 Å². The fourth-order valence-corrected chi connectivity index (χ4v) is 2.92. The number of carbonyl (C=O) groups is 2. The molecular formula is C14H21ClN2O2. The molecule has 19 heavy (non-hydrogen) atoms. The molecule has 2 amide bonds. The van der Waals surface area contributed by atoms with E-state index in [4.69, 9.17) is 11.6 Å². The van der Waals surface area contributed by atoms with E-state index in [1.165, 1.54) is 5.54 Å². The number of hydrogen-bond donors (Lipinski definition) is 1. The van der Waals surface area contributed by atoms with Crippen LogP contribution >= 0.6 is 11.6 Å². The van der Waals surface area contributed by atoms with Crippen molar-refractivity contribution >= 4 is 23.4 Å². The number of piperazine rings is 1. The molecular weight excluding hydrogens is 264 g/mol. The lowest BCUT2D eigenvalue weighted by Crippen LogP contribution is -2.70. The van der Waals surface area contributed by atoms with Gasteiger partial charge in [-0.3, -0.25) is 9.59 Å². The third-order valence-corrected chi connectivity index (χ3v) is 4.29. The summed E-state index contributed by atoms with van der Waals surface area (Å²) < 4.78 is 0. The molecule has 1 saturated heterocycles. The normalized spacial score (nSPS) is 31.9. The van der Waals surface area contributed by atoms with Crippen LogP contribution < -0.4 is 5.32 Å². The van der Waals surface area contributed by atoms with E-state index in [-0.39, 0.29) is 23.8 Å². The number of rotatable bonds is 5. The Bertz CT molecular complexity index is 406. The molecule has 5 heteroatoms. The number of carbonyl (C=O) groups excluding carboxylic acids is 2. The van der Waals surface area contributed by atoms with Gasteiger partial charge in [0.1, 0.15) is 11.6 Å². The van der Waals surface area contributed by atoms with Crippen LogP contribution in [0.3, 0.4) is 0 Å². The summed E-state index contributed by atoms with van der Waals surface area (Å²) in [4.78, 5) is 26.7. The Morgan fingerprint density at radius 2 is 2.16 bits per heavy atom. The highest BCUT2D eigenvalue weighted by Crippen LogP contribution is 2.42. The second-order valence-corrected chi connectivity index (χ2v) is 5.84. The monoisotopic (exact) mass is 284 g/mol. The van der Waals surface area contributed by atoms with Gasteiger partial charge in [-0.15, -0.1) is 0 Å². The Morgan fingerprint density at radius 1 is 1.47 bits per heavy atom. The Morgan fingerprint density at radius 3 is 2.68 bits per heavy atom. The summed E-state index contributed by atoms with van der Waals surface area (Å²) in [6, 6.07) is -0.364. The van der Waals surface area contributed by atoms with E-state index in [1.807, 2.05) is 13.8 Å². The molecule has 0 bridgehead atoms. The number of nitrogens with one attached hydrogen (secondary N) is 1. The van der Waals surface area contributed by atoms with Crippen LogP contribution in [0.5, 0.6) is 0 Å². The zero-order valence-electron chi connectivity index (χ0n) is 11.5. The van der Waals surface area contributed by atoms with E-state index < -0.39 is 5.54 Å². The summed E-state index contributed by atoms with van der Waals surface area (Å²) in [6.45, 7) is 4.27. The Labute approximate surface area is 119 Å². The van der Waals surface area contributed by atoms with Gasteiger partial charge >= 0.3 is 0 Å². The molecule has 2 unspecified atom stereocenters. The average Bonchev–Trinajstić information content (AvgIpc) is 3.20. The predicted molar refractivity (Wildman–Crippen MR) is 74.7 cm³/mol. The molecule has 2 rings (SSSR count). The van der Waals surface area contributed by atoms with Gasteiger partial charge < -0.3 is 10.2 Å². The molecule has 4 nitrogen and oxygen atoms in total. The number of amides is 2. The van der Waals surface area contributed by atoms with Crippen LogP contribution in [0.15, 0.2) is 11.6 Å². The molecule has 0 radical (unpaired) electrons. The van der Waals surface area contributed by atoms with Gasteiger partial charge in [-0.1, -0.05) is 31.0 Å². The quantitative estimate of drug-likeness (QED) is 0.840. The van der Waals surface area contributed by atoms with E-state index in [0.717, 1.165) is 19.3 Å². The first kappa shape index (κ1) is 14.4. The summed E-state index contributed by atoms with van der Waals surface area (Å²) in [6.07, 6.45) is 5.30. The standard InChI is InChI=1S/C14H21ClN2O2/c1-3-5-11-12(18)16-14(2,10-6-7-10)13(19)17(11)9-4-8-15/h4,8,10-11H,3,5-7,9H2,1-2H3,(H,16,18)/b8-4+. The van der Waals surface area contributed by atoms with Crippen LogP contribution in [0.2, 0.25) is 0 Å². The van der Waals surface area contributed by atoms with Crippen molar-refractivity contribution in [1.29, 1.82) is 0 Å². The highest BCUT2D eigenvalue weighted by Gasteiger charge is 2.54. The van der Waals surface area contributed by atoms with E-state index in [9.17, 15) is 9.59 Å². The molecule has 0 aromatic rings. The molecule has 2 aliphatic rings. The van der Waals surface area contributed by atoms with Gasteiger partial charge in [-0.05, 0) is 32.1 Å². The van der Waals surface area contributed by atoms with Crippen molar-refractivity contribution in [1.82, 2.24) is 10.2 Å². The van der Waals surface area contributed by atoms with Crippen molar-refractivity contribution < 1.29 is 9.59 Å². The summed E-state index contributed by atoms with van der Waals surface area (Å²) in [5.41, 5.74) is 0.679. The molecule has 2 atom stereocenters. The summed E-state index contributed by atoms with van der Waals surface area (Å²) in [5, 5.41) is 2.96. The highest BCUT2D eigenvalue weighted by atomic mass is 35.5. The fourth-order valence-electron chi connectivity index (χ4n) is 2.84. The lowest BCUT2D eigenvalue weighted by atomic mass is 9.88. The Balaban J connectivity index is 2.24. The van der Waals surface area contributed by atoms with Crippen molar-refractivity contribution in [2.75, 3.05) is 6.54 Å². The van der Waals surface area contributed by atoms with Gasteiger partial charge in [0.25, 0.3) is 0 Å². The minimum Gasteiger partial charge on any atom is -0.340 e. The highest BCUT2D eigenvalue weighted by molar-refractivity contribution is 6.25. The van der Waals surface area contributed by atoms with Crippen molar-refractivity contribution in [3.05, 3.63) is 11.6 Å². The van der Waals surface area contributed by atoms with E-state index >= 15 is 0 Å². The topological polar surface area (TPSA) is 49.4 Å². The van der Waals surface area contributed by atoms with Crippen LogP contribution in [0.25, 0.3) is 0 Å². The summed E-state index contributed by atoms with van der Waals surface area (Å²) in [7, 11) is 0. The zero-order valence-corrected chi connectivity index (χ0v) is 12.2. The van der Waals surface area contributed by atoms with Gasteiger partial charge in [0.05, 0.1) is 0 Å². The molecule has 0 aromatic heterocycles. The van der Waals surface area contributed by atoms with Gasteiger partial charge in [0.2, 0.25) is 11.8 Å². The largest absolute Gasteiger partial charge is 0.340 e. The molecule has 1 aliphatic heterocycles. The van der Waals surface area contributed by atoms with Gasteiger partial charge in [0.15, 0.2) is 0 Å². The van der Waals surface area contributed by atoms with Crippen LogP contribution in [0.4, 0.5) is 0 Å². The SMILES string of the molecule is CCCC1C(=O)NC(C)(C2CC2)C(=O)N1C/C=C/Cl. The molecule has 106 valence electrons. The first-order valence-electron chi connectivity index (χ1n) is 6.93. The minimum absolute atomic E-state index is 0.0289. The van der Waals surface area contributed by atoms with Crippen LogP contribution in [-0.2, 0) is 9.59 Å². The van der Waals surface area contributed by atoms with Gasteiger partial charge in [-0.2, -0.15) is 0 Å². The predicted octanol–water partition coefficient (Wildman–Crippen LogP) is 2.03. The summed E-state index contributed by atoms with van der Waals surface area (Å²) >= 11 is 5.56. The Hall–Kier alpha value is -1.03. The number of hydrogen-bond acceptors (Lipinski definition) is 2. The molecule has 1 aliphatic carbocycles. The van der Waals surface area contributed by atoms with Crippen molar-refractivity contribution in [2.45, 2.75) is 51.1 Å². The molecule has 1 saturated carbocycles. The first-order chi connectivity index (χ1) is 9.04. The first-order valence-corrected chi connectivity index (χ1v) is 7.36. The lowest BCUT2D eigenvalue weighted by Gasteiger charge is -2.44. The Kier molecular flexibility index (Phi) is 4.19. The van der Waals surface area contributed by atoms with E-state index in [0.29, 0.717) is 13.0 Å². The molecule has 1 heterocycles. The van der Waals surface area contributed by atoms with Crippen molar-refractivity contribution in [3.8, 4) is 0 Å². The molecule has 0 aromatic carbocycles. The summed E-state index contributed by atoms with van der Waals surface area (Å²) in [5.74, 6) is 0.288. The maximum atomic E-state index is 12.7. The zero-order chi connectivity index (χ0) is 14.0. The third kappa shape index (κ3) is 2.64. The second kappa shape index (κ2) is 5.53. The van der Waals surface area contributed by atoms with Crippen LogP contribution in [-0.4, -0.2) is 34.8 Å².